The van der Waals surface area contributed by atoms with Gasteiger partial charge in [-0.2, -0.15) is 0 Å². The fourth-order valence-corrected chi connectivity index (χ4v) is 3.41. The number of ether oxygens (including phenoxy) is 2. The number of carboxylic acids is 1. The zero-order valence-electron chi connectivity index (χ0n) is 15.3. The van der Waals surface area contributed by atoms with Gasteiger partial charge in [0, 0.05) is 31.8 Å². The minimum absolute atomic E-state index is 0.0411. The summed E-state index contributed by atoms with van der Waals surface area (Å²) in [6.45, 7) is 7.86. The smallest absolute Gasteiger partial charge is 0.317 e. The molecule has 1 saturated carbocycles. The van der Waals surface area contributed by atoms with Crippen molar-refractivity contribution >= 4 is 12.0 Å². The van der Waals surface area contributed by atoms with Gasteiger partial charge in [-0.05, 0) is 32.7 Å². The Labute approximate surface area is 149 Å². The van der Waals surface area contributed by atoms with Crippen LogP contribution >= 0.6 is 0 Å². The Morgan fingerprint density at radius 3 is 2.68 bits per heavy atom. The number of aliphatic carboxylic acids is 1. The van der Waals surface area contributed by atoms with Gasteiger partial charge in [0.15, 0.2) is 0 Å². The summed E-state index contributed by atoms with van der Waals surface area (Å²) in [7, 11) is 0. The van der Waals surface area contributed by atoms with E-state index in [1.54, 1.807) is 4.90 Å². The Balaban J connectivity index is 1.63. The quantitative estimate of drug-likeness (QED) is 0.561. The molecule has 0 aromatic heterocycles. The molecule has 2 aliphatic rings. The molecule has 1 atom stereocenters. The number of carbonyl (C=O) groups is 2. The van der Waals surface area contributed by atoms with Crippen molar-refractivity contribution in [2.24, 2.45) is 0 Å². The van der Waals surface area contributed by atoms with Gasteiger partial charge in [-0.1, -0.05) is 6.92 Å². The van der Waals surface area contributed by atoms with Gasteiger partial charge < -0.3 is 24.8 Å². The molecule has 0 unspecified atom stereocenters. The molecule has 8 heteroatoms. The molecule has 0 aromatic rings. The van der Waals surface area contributed by atoms with Gasteiger partial charge in [-0.3, -0.25) is 9.69 Å². The third-order valence-electron chi connectivity index (χ3n) is 4.92. The zero-order valence-corrected chi connectivity index (χ0v) is 15.3. The third kappa shape index (κ3) is 6.13. The average molecular weight is 357 g/mol. The number of likely N-dealkylation sites (tertiary alicyclic amines) is 1. The van der Waals surface area contributed by atoms with Gasteiger partial charge in [-0.25, -0.2) is 4.79 Å². The summed E-state index contributed by atoms with van der Waals surface area (Å²) in [4.78, 5) is 26.9. The maximum atomic E-state index is 12.3. The lowest BCUT2D eigenvalue weighted by Gasteiger charge is -2.42. The summed E-state index contributed by atoms with van der Waals surface area (Å²) in [6, 6.07) is 0.346. The van der Waals surface area contributed by atoms with E-state index < -0.39 is 5.97 Å². The lowest BCUT2D eigenvalue weighted by molar-refractivity contribution is -0.139. The van der Waals surface area contributed by atoms with E-state index in [0.29, 0.717) is 39.5 Å². The van der Waals surface area contributed by atoms with Crippen LogP contribution in [0.1, 0.15) is 33.1 Å². The van der Waals surface area contributed by atoms with Gasteiger partial charge in [0.25, 0.3) is 0 Å². The van der Waals surface area contributed by atoms with Gasteiger partial charge in [0.1, 0.15) is 0 Å². The number of rotatable bonds is 10. The van der Waals surface area contributed by atoms with Crippen LogP contribution in [-0.4, -0.2) is 91.1 Å². The van der Waals surface area contributed by atoms with Crippen LogP contribution < -0.4 is 5.32 Å². The first-order chi connectivity index (χ1) is 12.0. The highest BCUT2D eigenvalue weighted by Crippen LogP contribution is 2.26. The first-order valence-electron chi connectivity index (χ1n) is 9.24. The number of hydrogen-bond donors (Lipinski definition) is 2. The Hall–Kier alpha value is -1.38. The van der Waals surface area contributed by atoms with E-state index >= 15 is 0 Å². The first kappa shape index (κ1) is 19.9. The minimum Gasteiger partial charge on any atom is -0.480 e. The van der Waals surface area contributed by atoms with Crippen molar-refractivity contribution in [2.45, 2.75) is 51.3 Å². The Bertz CT molecular complexity index is 442. The maximum Gasteiger partial charge on any atom is 0.317 e. The highest BCUT2D eigenvalue weighted by Gasteiger charge is 2.36. The predicted octanol–water partition coefficient (Wildman–Crippen LogP) is 0.761. The summed E-state index contributed by atoms with van der Waals surface area (Å²) in [5.41, 5.74) is 0. The van der Waals surface area contributed by atoms with E-state index in [2.05, 4.69) is 5.32 Å². The molecule has 0 radical (unpaired) electrons. The first-order valence-corrected chi connectivity index (χ1v) is 9.24. The lowest BCUT2D eigenvalue weighted by Crippen LogP contribution is -2.56. The largest absolute Gasteiger partial charge is 0.480 e. The summed E-state index contributed by atoms with van der Waals surface area (Å²) in [5.74, 6) is -0.804. The second kappa shape index (κ2) is 9.94. The van der Waals surface area contributed by atoms with Crippen LogP contribution in [0.4, 0.5) is 4.79 Å². The molecule has 1 aliphatic carbocycles. The second-order valence-corrected chi connectivity index (χ2v) is 6.65. The molecule has 144 valence electrons. The Morgan fingerprint density at radius 2 is 2.04 bits per heavy atom. The van der Waals surface area contributed by atoms with Crippen molar-refractivity contribution in [1.82, 2.24) is 15.1 Å². The summed E-state index contributed by atoms with van der Waals surface area (Å²) >= 11 is 0. The van der Waals surface area contributed by atoms with Crippen LogP contribution in [0.25, 0.3) is 0 Å². The van der Waals surface area contributed by atoms with Crippen molar-refractivity contribution in [2.75, 3.05) is 46.0 Å². The molecule has 25 heavy (non-hydrogen) atoms. The SMILES string of the molecule is CCOCCO[C@H]1CCN(C(=O)NC2CC(N(CC)CC(=O)O)C2)C1. The number of carbonyl (C=O) groups excluding carboxylic acids is 1. The molecule has 1 heterocycles. The molecule has 1 aliphatic heterocycles. The van der Waals surface area contributed by atoms with Gasteiger partial charge >= 0.3 is 12.0 Å². The second-order valence-electron chi connectivity index (χ2n) is 6.65. The predicted molar refractivity (Wildman–Crippen MR) is 92.6 cm³/mol. The standard InChI is InChI=1S/C17H31N3O5/c1-3-19(12-16(21)22)14-9-13(10-14)18-17(23)20-6-5-15(11-20)25-8-7-24-4-2/h13-15H,3-12H2,1-2H3,(H,18,23)(H,21,22)/t13?,14?,15-/m0/s1. The molecule has 2 fully saturated rings. The molecular weight excluding hydrogens is 326 g/mol. The zero-order chi connectivity index (χ0) is 18.2. The van der Waals surface area contributed by atoms with Crippen LogP contribution in [0, 0.1) is 0 Å². The number of hydrogen-bond acceptors (Lipinski definition) is 5. The Kier molecular flexibility index (Phi) is 7.92. The highest BCUT2D eigenvalue weighted by molar-refractivity contribution is 5.75. The van der Waals surface area contributed by atoms with Crippen molar-refractivity contribution in [1.29, 1.82) is 0 Å². The molecule has 1 saturated heterocycles. The van der Waals surface area contributed by atoms with E-state index in [1.807, 2.05) is 18.7 Å². The molecule has 0 aromatic carbocycles. The lowest BCUT2D eigenvalue weighted by atomic mass is 9.85. The summed E-state index contributed by atoms with van der Waals surface area (Å²) in [5, 5.41) is 12.0. The fourth-order valence-electron chi connectivity index (χ4n) is 3.41. The topological polar surface area (TPSA) is 91.3 Å². The van der Waals surface area contributed by atoms with Crippen LogP contribution in [0.5, 0.6) is 0 Å². The van der Waals surface area contributed by atoms with E-state index in [-0.39, 0.29) is 30.8 Å². The van der Waals surface area contributed by atoms with Gasteiger partial charge in [-0.15, -0.1) is 0 Å². The van der Waals surface area contributed by atoms with Crippen molar-refractivity contribution < 1.29 is 24.2 Å². The van der Waals surface area contributed by atoms with Gasteiger partial charge in [0.05, 0.1) is 25.9 Å². The van der Waals surface area contributed by atoms with Gasteiger partial charge in [0.2, 0.25) is 0 Å². The van der Waals surface area contributed by atoms with Crippen molar-refractivity contribution in [3.05, 3.63) is 0 Å². The number of amides is 2. The van der Waals surface area contributed by atoms with E-state index in [1.165, 1.54) is 0 Å². The molecule has 2 rings (SSSR count). The van der Waals surface area contributed by atoms with Crippen LogP contribution in [-0.2, 0) is 14.3 Å². The summed E-state index contributed by atoms with van der Waals surface area (Å²) < 4.78 is 11.0. The normalized spacial score (nSPS) is 25.9. The van der Waals surface area contributed by atoms with E-state index in [4.69, 9.17) is 14.6 Å². The average Bonchev–Trinajstić information content (AvgIpc) is 3.01. The molecular formula is C17H31N3O5. The summed E-state index contributed by atoms with van der Waals surface area (Å²) in [6.07, 6.45) is 2.57. The van der Waals surface area contributed by atoms with Crippen LogP contribution in [0.3, 0.4) is 0 Å². The molecule has 2 amide bonds. The monoisotopic (exact) mass is 357 g/mol. The number of likely N-dealkylation sites (N-methyl/N-ethyl adjacent to an activating group) is 1. The number of urea groups is 1. The number of nitrogens with zero attached hydrogens (tertiary/aromatic N) is 2. The molecule has 2 N–H and O–H groups in total. The highest BCUT2D eigenvalue weighted by atomic mass is 16.5. The minimum atomic E-state index is -0.804. The molecule has 0 spiro atoms. The maximum absolute atomic E-state index is 12.3. The van der Waals surface area contributed by atoms with Crippen LogP contribution in [0.2, 0.25) is 0 Å². The van der Waals surface area contributed by atoms with E-state index in [0.717, 1.165) is 19.3 Å². The third-order valence-corrected chi connectivity index (χ3v) is 4.92. The fraction of sp³-hybridized carbons (Fsp3) is 0.882. The number of carboxylic acid groups (broad SMARTS) is 1. The van der Waals surface area contributed by atoms with E-state index in [9.17, 15) is 9.59 Å². The molecule has 0 bridgehead atoms. The number of nitrogens with one attached hydrogen (secondary N) is 1. The van der Waals surface area contributed by atoms with Crippen molar-refractivity contribution in [3.63, 3.8) is 0 Å². The van der Waals surface area contributed by atoms with Crippen LogP contribution in [0.15, 0.2) is 0 Å². The molecule has 8 nitrogen and oxygen atoms in total. The Morgan fingerprint density at radius 1 is 1.28 bits per heavy atom. The van der Waals surface area contributed by atoms with Crippen molar-refractivity contribution in [3.8, 4) is 0 Å².